The first-order chi connectivity index (χ1) is 7.53. The van der Waals surface area contributed by atoms with E-state index in [9.17, 15) is 13.2 Å². The number of hydrogen-bond acceptors (Lipinski definition) is 5. The highest BCUT2D eigenvalue weighted by molar-refractivity contribution is 7.91. The standard InChI is InChI=1S/C10H19NO4S/c1-15-10(12)3-2-5-11-7-9-4-6-16(13,14)8-9/h9,11H,2-8H2,1H3. The Kier molecular flexibility index (Phi) is 5.21. The zero-order chi connectivity index (χ0) is 12.0. The third-order valence-corrected chi connectivity index (χ3v) is 4.56. The summed E-state index contributed by atoms with van der Waals surface area (Å²) in [5, 5.41) is 3.17. The molecule has 1 saturated heterocycles. The predicted molar refractivity (Wildman–Crippen MR) is 60.9 cm³/mol. The number of hydrogen-bond donors (Lipinski definition) is 1. The fourth-order valence-corrected chi connectivity index (χ4v) is 3.66. The molecule has 1 atom stereocenters. The lowest BCUT2D eigenvalue weighted by Gasteiger charge is -2.08. The van der Waals surface area contributed by atoms with E-state index in [1.165, 1.54) is 7.11 Å². The maximum atomic E-state index is 11.2. The quantitative estimate of drug-likeness (QED) is 0.528. The minimum atomic E-state index is -2.77. The van der Waals surface area contributed by atoms with E-state index in [2.05, 4.69) is 10.1 Å². The van der Waals surface area contributed by atoms with Gasteiger partial charge in [-0.2, -0.15) is 0 Å². The molecule has 1 N–H and O–H groups in total. The van der Waals surface area contributed by atoms with Gasteiger partial charge in [-0.05, 0) is 31.8 Å². The minimum Gasteiger partial charge on any atom is -0.469 e. The fourth-order valence-electron chi connectivity index (χ4n) is 1.80. The van der Waals surface area contributed by atoms with Crippen molar-refractivity contribution in [1.82, 2.24) is 5.32 Å². The predicted octanol–water partition coefficient (Wildman–Crippen LogP) is -0.0361. The van der Waals surface area contributed by atoms with E-state index in [1.807, 2.05) is 0 Å². The van der Waals surface area contributed by atoms with E-state index in [0.29, 0.717) is 17.9 Å². The molecule has 1 fully saturated rings. The molecule has 1 unspecified atom stereocenters. The number of sulfone groups is 1. The third-order valence-electron chi connectivity index (χ3n) is 2.72. The zero-order valence-corrected chi connectivity index (χ0v) is 10.4. The highest BCUT2D eigenvalue weighted by Gasteiger charge is 2.27. The van der Waals surface area contributed by atoms with Crippen LogP contribution in [-0.4, -0.2) is 46.1 Å². The molecule has 6 heteroatoms. The van der Waals surface area contributed by atoms with Crippen LogP contribution in [0.25, 0.3) is 0 Å². The number of carbonyl (C=O) groups excluding carboxylic acids is 1. The molecule has 16 heavy (non-hydrogen) atoms. The normalized spacial score (nSPS) is 23.2. The molecule has 0 bridgehead atoms. The first kappa shape index (κ1) is 13.4. The molecule has 0 radical (unpaired) electrons. The van der Waals surface area contributed by atoms with Crippen molar-refractivity contribution in [2.75, 3.05) is 31.7 Å². The van der Waals surface area contributed by atoms with E-state index in [0.717, 1.165) is 25.9 Å². The van der Waals surface area contributed by atoms with Gasteiger partial charge in [0.25, 0.3) is 0 Å². The van der Waals surface area contributed by atoms with Crippen LogP contribution in [-0.2, 0) is 19.4 Å². The van der Waals surface area contributed by atoms with Crippen molar-refractivity contribution in [3.8, 4) is 0 Å². The van der Waals surface area contributed by atoms with Crippen molar-refractivity contribution in [1.29, 1.82) is 0 Å². The number of esters is 1. The molecular formula is C10H19NO4S. The molecule has 1 aliphatic rings. The van der Waals surface area contributed by atoms with Crippen molar-refractivity contribution in [2.45, 2.75) is 19.3 Å². The van der Waals surface area contributed by atoms with E-state index < -0.39 is 9.84 Å². The van der Waals surface area contributed by atoms with Crippen LogP contribution in [0.15, 0.2) is 0 Å². The number of ether oxygens (including phenoxy) is 1. The maximum absolute atomic E-state index is 11.2. The Hall–Kier alpha value is -0.620. The lowest BCUT2D eigenvalue weighted by atomic mass is 10.1. The van der Waals surface area contributed by atoms with Gasteiger partial charge in [-0.15, -0.1) is 0 Å². The Morgan fingerprint density at radius 2 is 2.25 bits per heavy atom. The van der Waals surface area contributed by atoms with Crippen LogP contribution in [0.5, 0.6) is 0 Å². The largest absolute Gasteiger partial charge is 0.469 e. The molecule has 5 nitrogen and oxygen atoms in total. The summed E-state index contributed by atoms with van der Waals surface area (Å²) in [5.41, 5.74) is 0. The zero-order valence-electron chi connectivity index (χ0n) is 9.57. The second kappa shape index (κ2) is 6.20. The summed E-state index contributed by atoms with van der Waals surface area (Å²) >= 11 is 0. The van der Waals surface area contributed by atoms with Gasteiger partial charge >= 0.3 is 5.97 Å². The van der Waals surface area contributed by atoms with Crippen LogP contribution in [0, 0.1) is 5.92 Å². The van der Waals surface area contributed by atoms with Crippen molar-refractivity contribution in [2.24, 2.45) is 5.92 Å². The van der Waals surface area contributed by atoms with Crippen molar-refractivity contribution < 1.29 is 17.9 Å². The van der Waals surface area contributed by atoms with Crippen LogP contribution >= 0.6 is 0 Å². The highest BCUT2D eigenvalue weighted by Crippen LogP contribution is 2.17. The first-order valence-corrected chi connectivity index (χ1v) is 7.33. The number of carbonyl (C=O) groups is 1. The molecule has 0 spiro atoms. The SMILES string of the molecule is COC(=O)CCCNCC1CCS(=O)(=O)C1. The average Bonchev–Trinajstić information content (AvgIpc) is 2.57. The van der Waals surface area contributed by atoms with Crippen LogP contribution < -0.4 is 5.32 Å². The lowest BCUT2D eigenvalue weighted by Crippen LogP contribution is -2.25. The molecule has 0 aliphatic carbocycles. The van der Waals surface area contributed by atoms with Crippen LogP contribution in [0.3, 0.4) is 0 Å². The molecular weight excluding hydrogens is 230 g/mol. The molecule has 94 valence electrons. The fraction of sp³-hybridized carbons (Fsp3) is 0.900. The third kappa shape index (κ3) is 4.94. The number of methoxy groups -OCH3 is 1. The smallest absolute Gasteiger partial charge is 0.305 e. The van der Waals surface area contributed by atoms with Gasteiger partial charge in [0.2, 0.25) is 0 Å². The molecule has 1 heterocycles. The topological polar surface area (TPSA) is 72.5 Å². The van der Waals surface area contributed by atoms with Crippen LogP contribution in [0.1, 0.15) is 19.3 Å². The van der Waals surface area contributed by atoms with Crippen molar-refractivity contribution in [3.05, 3.63) is 0 Å². The summed E-state index contributed by atoms with van der Waals surface area (Å²) in [6.45, 7) is 1.45. The Morgan fingerprint density at radius 1 is 1.50 bits per heavy atom. The molecule has 0 saturated carbocycles. The van der Waals surface area contributed by atoms with Crippen molar-refractivity contribution >= 4 is 15.8 Å². The first-order valence-electron chi connectivity index (χ1n) is 5.51. The van der Waals surface area contributed by atoms with Crippen LogP contribution in [0.4, 0.5) is 0 Å². The second-order valence-electron chi connectivity index (χ2n) is 4.15. The Balaban J connectivity index is 2.02. The number of nitrogens with one attached hydrogen (secondary N) is 1. The van der Waals surface area contributed by atoms with Gasteiger partial charge in [0.05, 0.1) is 18.6 Å². The summed E-state index contributed by atoms with van der Waals surface area (Å²) in [5.74, 6) is 0.659. The lowest BCUT2D eigenvalue weighted by molar-refractivity contribution is -0.140. The summed E-state index contributed by atoms with van der Waals surface area (Å²) in [4.78, 5) is 10.8. The van der Waals surface area contributed by atoms with E-state index in [-0.39, 0.29) is 11.9 Å². The molecule has 1 aliphatic heterocycles. The van der Waals surface area contributed by atoms with Crippen LogP contribution in [0.2, 0.25) is 0 Å². The van der Waals surface area contributed by atoms with E-state index in [4.69, 9.17) is 0 Å². The molecule has 1 rings (SSSR count). The van der Waals surface area contributed by atoms with Gasteiger partial charge < -0.3 is 10.1 Å². The van der Waals surface area contributed by atoms with Gasteiger partial charge in [-0.1, -0.05) is 0 Å². The van der Waals surface area contributed by atoms with Gasteiger partial charge in [-0.25, -0.2) is 8.42 Å². The van der Waals surface area contributed by atoms with E-state index in [1.54, 1.807) is 0 Å². The van der Waals surface area contributed by atoms with Gasteiger partial charge in [-0.3, -0.25) is 4.79 Å². The summed E-state index contributed by atoms with van der Waals surface area (Å²) < 4.78 is 26.8. The summed E-state index contributed by atoms with van der Waals surface area (Å²) in [6.07, 6.45) is 1.89. The monoisotopic (exact) mass is 249 g/mol. The molecule has 0 aromatic rings. The summed E-state index contributed by atoms with van der Waals surface area (Å²) in [7, 11) is -1.40. The number of rotatable bonds is 6. The highest BCUT2D eigenvalue weighted by atomic mass is 32.2. The molecule has 0 amide bonds. The van der Waals surface area contributed by atoms with Gasteiger partial charge in [0.15, 0.2) is 9.84 Å². The van der Waals surface area contributed by atoms with Crippen molar-refractivity contribution in [3.63, 3.8) is 0 Å². The Bertz CT molecular complexity index is 326. The van der Waals surface area contributed by atoms with E-state index >= 15 is 0 Å². The Labute approximate surface area is 96.5 Å². The summed E-state index contributed by atoms with van der Waals surface area (Å²) in [6, 6.07) is 0. The Morgan fingerprint density at radius 3 is 2.81 bits per heavy atom. The maximum Gasteiger partial charge on any atom is 0.305 e. The van der Waals surface area contributed by atoms with Gasteiger partial charge in [0.1, 0.15) is 0 Å². The van der Waals surface area contributed by atoms with Gasteiger partial charge in [0, 0.05) is 6.42 Å². The molecule has 0 aromatic heterocycles. The second-order valence-corrected chi connectivity index (χ2v) is 6.38. The average molecular weight is 249 g/mol. The minimum absolute atomic E-state index is 0.203. The molecule has 0 aromatic carbocycles.